The molecule has 0 rings (SSSR count). The van der Waals surface area contributed by atoms with Crippen LogP contribution in [-0.4, -0.2) is 31.7 Å². The molecule has 0 unspecified atom stereocenters. The van der Waals surface area contributed by atoms with Crippen molar-refractivity contribution in [1.29, 1.82) is 0 Å². The van der Waals surface area contributed by atoms with Crippen molar-refractivity contribution in [3.63, 3.8) is 0 Å². The molecule has 0 aromatic heterocycles. The average molecular weight is 264 g/mol. The predicted molar refractivity (Wildman–Crippen MR) is 51.6 cm³/mol. The topological polar surface area (TPSA) is 29.1 Å². The third-order valence-electron chi connectivity index (χ3n) is 1.40. The molecule has 0 heterocycles. The fourth-order valence-corrected chi connectivity index (χ4v) is 3.21. The predicted octanol–water partition coefficient (Wildman–Crippen LogP) is 1.39. The van der Waals surface area contributed by atoms with Gasteiger partial charge in [-0.1, -0.05) is 0 Å². The van der Waals surface area contributed by atoms with E-state index in [0.29, 0.717) is 6.04 Å². The van der Waals surface area contributed by atoms with Gasteiger partial charge >= 0.3 is 76.4 Å². The van der Waals surface area contributed by atoms with E-state index in [1.165, 1.54) is 4.44 Å². The zero-order valence-corrected chi connectivity index (χ0v) is 11.3. The normalized spacial score (nSPS) is 10.7. The van der Waals surface area contributed by atoms with Crippen LogP contribution < -0.4 is 5.32 Å². The molecular weight excluding hydrogens is 245 g/mol. The molecule has 0 spiro atoms. The quantitative estimate of drug-likeness (QED) is 0.764. The summed E-state index contributed by atoms with van der Waals surface area (Å²) in [6, 6.07) is 0.296. The molecular formula is C8H19NOSn. The van der Waals surface area contributed by atoms with E-state index in [9.17, 15) is 4.79 Å². The van der Waals surface area contributed by atoms with Gasteiger partial charge in [0.25, 0.3) is 0 Å². The minimum atomic E-state index is -1.12. The molecule has 0 atom stereocenters. The summed E-state index contributed by atoms with van der Waals surface area (Å²) < 4.78 is 1.19. The van der Waals surface area contributed by atoms with Crippen LogP contribution in [0.25, 0.3) is 0 Å². The Bertz CT molecular complexity index is 123. The molecule has 66 valence electrons. The molecule has 1 N–H and O–H groups in total. The van der Waals surface area contributed by atoms with Crippen LogP contribution in [0.1, 0.15) is 20.3 Å². The van der Waals surface area contributed by atoms with Crippen molar-refractivity contribution < 1.29 is 4.79 Å². The maximum absolute atomic E-state index is 11.1. The van der Waals surface area contributed by atoms with E-state index >= 15 is 0 Å². The van der Waals surface area contributed by atoms with Crippen molar-refractivity contribution in [2.45, 2.75) is 40.6 Å². The molecule has 0 aromatic rings. The number of hydrogen-bond donors (Lipinski definition) is 1. The summed E-state index contributed by atoms with van der Waals surface area (Å²) in [4.78, 5) is 15.8. The molecule has 3 heteroatoms. The van der Waals surface area contributed by atoms with Crippen LogP contribution in [0.5, 0.6) is 0 Å². The van der Waals surface area contributed by atoms with Crippen molar-refractivity contribution in [2.24, 2.45) is 0 Å². The molecule has 0 radical (unpaired) electrons. The fraction of sp³-hybridized carbons (Fsp3) is 0.875. The van der Waals surface area contributed by atoms with Crippen LogP contribution in [-0.2, 0) is 4.79 Å². The first-order valence-corrected chi connectivity index (χ1v) is 13.2. The first-order valence-electron chi connectivity index (χ1n) is 4.31. The molecule has 0 bridgehead atoms. The number of hydrogen-bond acceptors (Lipinski definition) is 1. The van der Waals surface area contributed by atoms with Crippen LogP contribution in [0.15, 0.2) is 0 Å². The van der Waals surface area contributed by atoms with Gasteiger partial charge in [-0.25, -0.2) is 0 Å². The molecule has 2 nitrogen and oxygen atoms in total. The van der Waals surface area contributed by atoms with Gasteiger partial charge in [0.2, 0.25) is 0 Å². The van der Waals surface area contributed by atoms with E-state index in [-0.39, 0.29) is 5.91 Å². The Balaban J connectivity index is 3.38. The van der Waals surface area contributed by atoms with Crippen LogP contribution in [0, 0.1) is 0 Å². The maximum atomic E-state index is 11.1. The number of nitrogens with one attached hydrogen (secondary N) is 1. The minimum absolute atomic E-state index is 0.227. The number of carbonyl (C=O) groups is 1. The SMILES string of the molecule is CC(C)NC(=O)C[CH2][SnH]([CH3])[CH3]. The molecule has 0 saturated heterocycles. The number of amides is 1. The Morgan fingerprint density at radius 1 is 1.45 bits per heavy atom. The monoisotopic (exact) mass is 265 g/mol. The summed E-state index contributed by atoms with van der Waals surface area (Å²) in [6.07, 6.45) is 0.756. The molecule has 1 amide bonds. The standard InChI is InChI=1S/C6H12NO.2CH3.Sn.H/c1-4-6(8)7-5(2)3;;;;/h5H,1,4H2,2-3H3,(H,7,8);2*1H3;;. The van der Waals surface area contributed by atoms with Crippen molar-refractivity contribution in [3.05, 3.63) is 0 Å². The number of carbonyl (C=O) groups excluding carboxylic acids is 1. The molecule has 0 fully saturated rings. The van der Waals surface area contributed by atoms with Crippen LogP contribution in [0.4, 0.5) is 0 Å². The van der Waals surface area contributed by atoms with E-state index < -0.39 is 19.8 Å². The molecule has 0 aliphatic heterocycles. The van der Waals surface area contributed by atoms with Gasteiger partial charge in [0.1, 0.15) is 0 Å². The van der Waals surface area contributed by atoms with E-state index in [4.69, 9.17) is 0 Å². The van der Waals surface area contributed by atoms with Gasteiger partial charge in [0.05, 0.1) is 0 Å². The molecule has 0 aliphatic rings. The van der Waals surface area contributed by atoms with Crippen LogP contribution in [0.3, 0.4) is 0 Å². The zero-order chi connectivity index (χ0) is 8.85. The second-order valence-electron chi connectivity index (χ2n) is 3.65. The Labute approximate surface area is 76.5 Å². The second kappa shape index (κ2) is 5.86. The summed E-state index contributed by atoms with van der Waals surface area (Å²) in [5, 5.41) is 2.89. The third-order valence-corrected chi connectivity index (χ3v) is 5.52. The Morgan fingerprint density at radius 2 is 2.00 bits per heavy atom. The van der Waals surface area contributed by atoms with Gasteiger partial charge in [0, 0.05) is 0 Å². The summed E-state index contributed by atoms with van der Waals surface area (Å²) in [7, 11) is 0. The van der Waals surface area contributed by atoms with Gasteiger partial charge in [-0.2, -0.15) is 0 Å². The Morgan fingerprint density at radius 3 is 2.36 bits per heavy atom. The first-order chi connectivity index (χ1) is 5.02. The van der Waals surface area contributed by atoms with Gasteiger partial charge in [-0.05, 0) is 0 Å². The van der Waals surface area contributed by atoms with Gasteiger partial charge in [0.15, 0.2) is 0 Å². The molecule has 0 aliphatic carbocycles. The van der Waals surface area contributed by atoms with E-state index in [1.54, 1.807) is 0 Å². The van der Waals surface area contributed by atoms with Crippen molar-refractivity contribution in [1.82, 2.24) is 5.32 Å². The molecule has 0 aromatic carbocycles. The van der Waals surface area contributed by atoms with Crippen molar-refractivity contribution in [2.75, 3.05) is 0 Å². The zero-order valence-electron chi connectivity index (χ0n) is 7.98. The number of rotatable bonds is 4. The summed E-state index contributed by atoms with van der Waals surface area (Å²) in [6.45, 7) is 3.99. The van der Waals surface area contributed by atoms with Crippen LogP contribution >= 0.6 is 0 Å². The van der Waals surface area contributed by atoms with E-state index in [1.807, 2.05) is 13.8 Å². The van der Waals surface area contributed by atoms with Crippen molar-refractivity contribution in [3.8, 4) is 0 Å². The van der Waals surface area contributed by atoms with Crippen LogP contribution in [0.2, 0.25) is 14.3 Å². The summed E-state index contributed by atoms with van der Waals surface area (Å²) in [5.41, 5.74) is 0. The molecule has 11 heavy (non-hydrogen) atoms. The Hall–Kier alpha value is 0.269. The molecule has 0 saturated carbocycles. The van der Waals surface area contributed by atoms with Crippen molar-refractivity contribution >= 4 is 25.7 Å². The first kappa shape index (κ1) is 11.3. The fourth-order valence-electron chi connectivity index (χ4n) is 0.814. The Kier molecular flexibility index (Phi) is 6.00. The summed E-state index contributed by atoms with van der Waals surface area (Å²) >= 11 is -1.12. The van der Waals surface area contributed by atoms with Gasteiger partial charge in [-0.15, -0.1) is 0 Å². The third kappa shape index (κ3) is 8.17. The van der Waals surface area contributed by atoms with Gasteiger partial charge in [-0.3, -0.25) is 0 Å². The second-order valence-corrected chi connectivity index (χ2v) is 13.3. The van der Waals surface area contributed by atoms with Gasteiger partial charge < -0.3 is 0 Å². The average Bonchev–Trinajstić information content (AvgIpc) is 1.82. The summed E-state index contributed by atoms with van der Waals surface area (Å²) in [5.74, 6) is 0.227. The van der Waals surface area contributed by atoms with E-state index in [0.717, 1.165) is 6.42 Å². The van der Waals surface area contributed by atoms with E-state index in [2.05, 4.69) is 15.2 Å².